The standard InChI is InChI=1S/C11H19N5/c1-15-7-10(13-14-15)8-16-4-2-3-9-5-12-6-11(9)16/h7,9,11-12H,2-6,8H2,1H3. The first-order chi connectivity index (χ1) is 7.83. The highest BCUT2D eigenvalue weighted by atomic mass is 15.4. The summed E-state index contributed by atoms with van der Waals surface area (Å²) in [6.45, 7) is 4.50. The van der Waals surface area contributed by atoms with E-state index in [4.69, 9.17) is 0 Å². The quantitative estimate of drug-likeness (QED) is 0.763. The van der Waals surface area contributed by atoms with Gasteiger partial charge < -0.3 is 5.32 Å². The van der Waals surface area contributed by atoms with Gasteiger partial charge >= 0.3 is 0 Å². The van der Waals surface area contributed by atoms with E-state index in [1.165, 1.54) is 25.9 Å². The van der Waals surface area contributed by atoms with Crippen LogP contribution in [-0.2, 0) is 13.6 Å². The molecule has 0 aliphatic carbocycles. The fourth-order valence-electron chi connectivity index (χ4n) is 3.04. The molecule has 5 heteroatoms. The van der Waals surface area contributed by atoms with E-state index in [0.717, 1.165) is 30.7 Å². The number of aromatic nitrogens is 3. The van der Waals surface area contributed by atoms with E-state index in [-0.39, 0.29) is 0 Å². The molecule has 2 unspecified atom stereocenters. The minimum Gasteiger partial charge on any atom is -0.315 e. The molecule has 3 heterocycles. The molecule has 0 amide bonds. The average molecular weight is 221 g/mol. The molecule has 0 aromatic carbocycles. The topological polar surface area (TPSA) is 46.0 Å². The zero-order valence-corrected chi connectivity index (χ0v) is 9.76. The van der Waals surface area contributed by atoms with E-state index in [2.05, 4.69) is 20.5 Å². The van der Waals surface area contributed by atoms with Crippen LogP contribution in [0.3, 0.4) is 0 Å². The van der Waals surface area contributed by atoms with Crippen molar-refractivity contribution in [3.05, 3.63) is 11.9 Å². The van der Waals surface area contributed by atoms with Gasteiger partial charge in [0.25, 0.3) is 0 Å². The Morgan fingerprint density at radius 1 is 1.50 bits per heavy atom. The number of nitrogens with one attached hydrogen (secondary N) is 1. The number of hydrogen-bond acceptors (Lipinski definition) is 4. The van der Waals surface area contributed by atoms with Crippen LogP contribution in [0.5, 0.6) is 0 Å². The van der Waals surface area contributed by atoms with Gasteiger partial charge in [-0.25, -0.2) is 0 Å². The van der Waals surface area contributed by atoms with Gasteiger partial charge in [-0.05, 0) is 31.8 Å². The maximum absolute atomic E-state index is 4.17. The van der Waals surface area contributed by atoms with Gasteiger partial charge in [0.1, 0.15) is 0 Å². The summed E-state index contributed by atoms with van der Waals surface area (Å²) in [5.74, 6) is 0.852. The molecule has 16 heavy (non-hydrogen) atoms. The predicted octanol–water partition coefficient (Wildman–Crippen LogP) is -0.00110. The second kappa shape index (κ2) is 4.14. The van der Waals surface area contributed by atoms with E-state index in [0.29, 0.717) is 0 Å². The van der Waals surface area contributed by atoms with Gasteiger partial charge in [0.05, 0.1) is 5.69 Å². The molecule has 0 spiro atoms. The van der Waals surface area contributed by atoms with Crippen LogP contribution in [0.25, 0.3) is 0 Å². The summed E-state index contributed by atoms with van der Waals surface area (Å²) in [5.41, 5.74) is 1.09. The van der Waals surface area contributed by atoms with Crippen molar-refractivity contribution in [2.75, 3.05) is 19.6 Å². The summed E-state index contributed by atoms with van der Waals surface area (Å²) < 4.78 is 1.78. The highest BCUT2D eigenvalue weighted by Crippen LogP contribution is 2.27. The lowest BCUT2D eigenvalue weighted by molar-refractivity contribution is 0.116. The Hall–Kier alpha value is -0.940. The van der Waals surface area contributed by atoms with Crippen molar-refractivity contribution in [1.82, 2.24) is 25.2 Å². The van der Waals surface area contributed by atoms with Crippen LogP contribution in [0, 0.1) is 5.92 Å². The lowest BCUT2D eigenvalue weighted by Gasteiger charge is -2.36. The third-order valence-electron chi connectivity index (χ3n) is 3.81. The summed E-state index contributed by atoms with van der Waals surface area (Å²) >= 11 is 0. The molecule has 2 atom stereocenters. The van der Waals surface area contributed by atoms with Crippen molar-refractivity contribution < 1.29 is 0 Å². The Balaban J connectivity index is 1.69. The maximum atomic E-state index is 4.17. The molecule has 2 fully saturated rings. The lowest BCUT2D eigenvalue weighted by atomic mass is 9.92. The predicted molar refractivity (Wildman–Crippen MR) is 60.8 cm³/mol. The summed E-state index contributed by atoms with van der Waals surface area (Å²) in [6, 6.07) is 0.718. The summed E-state index contributed by atoms with van der Waals surface area (Å²) in [5, 5.41) is 11.7. The molecule has 0 radical (unpaired) electrons. The zero-order valence-electron chi connectivity index (χ0n) is 9.76. The Bertz CT molecular complexity index is 361. The number of hydrogen-bond donors (Lipinski definition) is 1. The molecule has 5 nitrogen and oxygen atoms in total. The maximum Gasteiger partial charge on any atom is 0.0967 e. The van der Waals surface area contributed by atoms with Crippen LogP contribution in [0.4, 0.5) is 0 Å². The molecule has 1 aromatic rings. The number of fused-ring (bicyclic) bond motifs is 1. The van der Waals surface area contributed by atoms with Gasteiger partial charge in [0.2, 0.25) is 0 Å². The third-order valence-corrected chi connectivity index (χ3v) is 3.81. The molecule has 2 aliphatic rings. The molecule has 1 aromatic heterocycles. The largest absolute Gasteiger partial charge is 0.315 e. The molecular formula is C11H19N5. The average Bonchev–Trinajstić information content (AvgIpc) is 2.87. The number of piperidine rings is 1. The fourth-order valence-corrected chi connectivity index (χ4v) is 3.04. The minimum absolute atomic E-state index is 0.718. The van der Waals surface area contributed by atoms with Gasteiger partial charge in [0.15, 0.2) is 0 Å². The van der Waals surface area contributed by atoms with Crippen molar-refractivity contribution in [2.45, 2.75) is 25.4 Å². The molecule has 88 valence electrons. The minimum atomic E-state index is 0.718. The lowest BCUT2D eigenvalue weighted by Crippen LogP contribution is -2.44. The first kappa shape index (κ1) is 10.2. The van der Waals surface area contributed by atoms with E-state index in [1.807, 2.05) is 13.2 Å². The van der Waals surface area contributed by atoms with Crippen molar-refractivity contribution >= 4 is 0 Å². The van der Waals surface area contributed by atoms with Crippen LogP contribution in [-0.4, -0.2) is 45.6 Å². The first-order valence-corrected chi connectivity index (χ1v) is 6.13. The molecular weight excluding hydrogens is 202 g/mol. The van der Waals surface area contributed by atoms with Gasteiger partial charge in [-0.15, -0.1) is 5.10 Å². The van der Waals surface area contributed by atoms with Gasteiger partial charge in [-0.3, -0.25) is 9.58 Å². The number of aryl methyl sites for hydroxylation is 1. The Morgan fingerprint density at radius 3 is 3.25 bits per heavy atom. The second-order valence-corrected chi connectivity index (χ2v) is 4.98. The smallest absolute Gasteiger partial charge is 0.0967 e. The Kier molecular flexibility index (Phi) is 2.65. The number of rotatable bonds is 2. The highest BCUT2D eigenvalue weighted by molar-refractivity contribution is 4.97. The SMILES string of the molecule is Cn1cc(CN2CCCC3CNCC32)nn1. The van der Waals surface area contributed by atoms with Gasteiger partial charge in [-0.1, -0.05) is 5.21 Å². The van der Waals surface area contributed by atoms with Crippen molar-refractivity contribution in [1.29, 1.82) is 0 Å². The molecule has 0 bridgehead atoms. The van der Waals surface area contributed by atoms with Crippen molar-refractivity contribution in [2.24, 2.45) is 13.0 Å². The number of nitrogens with zero attached hydrogens (tertiary/aromatic N) is 4. The Labute approximate surface area is 95.8 Å². The van der Waals surface area contributed by atoms with Crippen LogP contribution < -0.4 is 5.32 Å². The van der Waals surface area contributed by atoms with Crippen molar-refractivity contribution in [3.8, 4) is 0 Å². The zero-order chi connectivity index (χ0) is 11.0. The second-order valence-electron chi connectivity index (χ2n) is 4.98. The summed E-state index contributed by atoms with van der Waals surface area (Å²) in [6.07, 6.45) is 4.73. The van der Waals surface area contributed by atoms with E-state index < -0.39 is 0 Å². The van der Waals surface area contributed by atoms with Crippen LogP contribution in [0.2, 0.25) is 0 Å². The molecule has 2 aliphatic heterocycles. The van der Waals surface area contributed by atoms with Crippen molar-refractivity contribution in [3.63, 3.8) is 0 Å². The first-order valence-electron chi connectivity index (χ1n) is 6.13. The van der Waals surface area contributed by atoms with Gasteiger partial charge in [-0.2, -0.15) is 0 Å². The summed E-state index contributed by atoms with van der Waals surface area (Å²) in [7, 11) is 1.92. The molecule has 1 N–H and O–H groups in total. The van der Waals surface area contributed by atoms with Crippen LogP contribution in [0.15, 0.2) is 6.20 Å². The number of likely N-dealkylation sites (tertiary alicyclic amines) is 1. The van der Waals surface area contributed by atoms with E-state index in [9.17, 15) is 0 Å². The van der Waals surface area contributed by atoms with Crippen LogP contribution >= 0.6 is 0 Å². The van der Waals surface area contributed by atoms with E-state index >= 15 is 0 Å². The third kappa shape index (κ3) is 1.85. The molecule has 3 rings (SSSR count). The van der Waals surface area contributed by atoms with E-state index in [1.54, 1.807) is 4.68 Å². The summed E-state index contributed by atoms with van der Waals surface area (Å²) in [4.78, 5) is 2.57. The highest BCUT2D eigenvalue weighted by Gasteiger charge is 2.34. The fraction of sp³-hybridized carbons (Fsp3) is 0.818. The van der Waals surface area contributed by atoms with Crippen LogP contribution in [0.1, 0.15) is 18.5 Å². The van der Waals surface area contributed by atoms with Gasteiger partial charge in [0, 0.05) is 32.4 Å². The molecule has 2 saturated heterocycles. The molecule has 0 saturated carbocycles. The normalized spacial score (nSPS) is 30.6. The Morgan fingerprint density at radius 2 is 2.44 bits per heavy atom. The monoisotopic (exact) mass is 221 g/mol.